The summed E-state index contributed by atoms with van der Waals surface area (Å²) in [6.45, 7) is 4.43. The van der Waals surface area contributed by atoms with Gasteiger partial charge in [-0.1, -0.05) is 26.0 Å². The Morgan fingerprint density at radius 2 is 1.96 bits per heavy atom. The van der Waals surface area contributed by atoms with Gasteiger partial charge in [0.2, 0.25) is 0 Å². The summed E-state index contributed by atoms with van der Waals surface area (Å²) >= 11 is 0. The highest BCUT2D eigenvalue weighted by molar-refractivity contribution is 5.90. The van der Waals surface area contributed by atoms with E-state index < -0.39 is 0 Å². The molecule has 4 nitrogen and oxygen atoms in total. The zero-order valence-electron chi connectivity index (χ0n) is 15.8. The van der Waals surface area contributed by atoms with E-state index in [4.69, 9.17) is 9.47 Å². The van der Waals surface area contributed by atoms with Gasteiger partial charge in [0, 0.05) is 22.7 Å². The van der Waals surface area contributed by atoms with Crippen LogP contribution in [0.3, 0.4) is 0 Å². The van der Waals surface area contributed by atoms with E-state index in [-0.39, 0.29) is 5.97 Å². The quantitative estimate of drug-likeness (QED) is 0.631. The molecule has 0 aliphatic heterocycles. The number of carbonyl (C=O) groups excluding carboxylic acids is 1. The number of aromatic nitrogens is 1. The minimum atomic E-state index is -0.308. The SMILES string of the molecule is CCC(C)c1[nH]c2cc(OC)ccc2c1Cc1cccc(C(=O)OC)c1. The molecule has 0 radical (unpaired) electrons. The molecular formula is C22H25NO3. The van der Waals surface area contributed by atoms with E-state index in [2.05, 4.69) is 31.0 Å². The third-order valence-corrected chi connectivity index (χ3v) is 4.98. The lowest BCUT2D eigenvalue weighted by atomic mass is 9.94. The number of hydrogen-bond acceptors (Lipinski definition) is 3. The van der Waals surface area contributed by atoms with E-state index in [0.717, 1.165) is 29.7 Å². The summed E-state index contributed by atoms with van der Waals surface area (Å²) in [7, 11) is 3.09. The molecular weight excluding hydrogens is 326 g/mol. The van der Waals surface area contributed by atoms with Crippen LogP contribution in [-0.4, -0.2) is 25.2 Å². The molecule has 0 bridgehead atoms. The van der Waals surface area contributed by atoms with Crippen molar-refractivity contribution >= 4 is 16.9 Å². The zero-order chi connectivity index (χ0) is 18.7. The molecule has 0 saturated heterocycles. The molecule has 2 aromatic carbocycles. The number of benzene rings is 2. The highest BCUT2D eigenvalue weighted by atomic mass is 16.5. The summed E-state index contributed by atoms with van der Waals surface area (Å²) in [5, 5.41) is 1.20. The van der Waals surface area contributed by atoms with Crippen molar-refractivity contribution in [3.63, 3.8) is 0 Å². The number of carbonyl (C=O) groups is 1. The number of hydrogen-bond donors (Lipinski definition) is 1. The van der Waals surface area contributed by atoms with Crippen molar-refractivity contribution in [2.75, 3.05) is 14.2 Å². The van der Waals surface area contributed by atoms with E-state index in [1.807, 2.05) is 24.3 Å². The fourth-order valence-electron chi connectivity index (χ4n) is 3.33. The Hall–Kier alpha value is -2.75. The van der Waals surface area contributed by atoms with Crippen LogP contribution in [0.15, 0.2) is 42.5 Å². The second kappa shape index (κ2) is 7.65. The predicted molar refractivity (Wildman–Crippen MR) is 104 cm³/mol. The van der Waals surface area contributed by atoms with Crippen molar-refractivity contribution in [2.45, 2.75) is 32.6 Å². The van der Waals surface area contributed by atoms with Gasteiger partial charge in [0.05, 0.1) is 19.8 Å². The Labute approximate surface area is 154 Å². The molecule has 1 unspecified atom stereocenters. The molecule has 1 heterocycles. The molecule has 3 rings (SSSR count). The van der Waals surface area contributed by atoms with Crippen LogP contribution in [0.1, 0.15) is 53.4 Å². The lowest BCUT2D eigenvalue weighted by Gasteiger charge is -2.11. The van der Waals surface area contributed by atoms with Crippen LogP contribution in [0.5, 0.6) is 5.75 Å². The maximum atomic E-state index is 11.8. The molecule has 0 aliphatic rings. The van der Waals surface area contributed by atoms with E-state index >= 15 is 0 Å². The maximum absolute atomic E-state index is 11.8. The zero-order valence-corrected chi connectivity index (χ0v) is 15.8. The summed E-state index contributed by atoms with van der Waals surface area (Å²) in [6.07, 6.45) is 1.82. The molecule has 4 heteroatoms. The number of nitrogens with one attached hydrogen (secondary N) is 1. The smallest absolute Gasteiger partial charge is 0.337 e. The third kappa shape index (κ3) is 3.45. The Balaban J connectivity index is 2.07. The highest BCUT2D eigenvalue weighted by Crippen LogP contribution is 2.33. The summed E-state index contributed by atoms with van der Waals surface area (Å²) in [6, 6.07) is 13.8. The van der Waals surface area contributed by atoms with Gasteiger partial charge in [-0.3, -0.25) is 0 Å². The van der Waals surface area contributed by atoms with Crippen LogP contribution >= 0.6 is 0 Å². The van der Waals surface area contributed by atoms with Crippen LogP contribution < -0.4 is 4.74 Å². The minimum absolute atomic E-state index is 0.308. The first-order chi connectivity index (χ1) is 12.6. The van der Waals surface area contributed by atoms with Crippen molar-refractivity contribution in [2.24, 2.45) is 0 Å². The molecule has 1 N–H and O–H groups in total. The molecule has 0 fully saturated rings. The molecule has 26 heavy (non-hydrogen) atoms. The molecule has 0 spiro atoms. The number of H-pyrrole nitrogens is 1. The van der Waals surface area contributed by atoms with Crippen LogP contribution in [-0.2, 0) is 11.2 Å². The highest BCUT2D eigenvalue weighted by Gasteiger charge is 2.17. The van der Waals surface area contributed by atoms with Crippen LogP contribution in [0.2, 0.25) is 0 Å². The van der Waals surface area contributed by atoms with Crippen molar-refractivity contribution in [3.8, 4) is 5.75 Å². The van der Waals surface area contributed by atoms with Gasteiger partial charge in [-0.2, -0.15) is 0 Å². The normalized spacial score (nSPS) is 12.2. The van der Waals surface area contributed by atoms with E-state index in [0.29, 0.717) is 11.5 Å². The average molecular weight is 351 g/mol. The monoisotopic (exact) mass is 351 g/mol. The summed E-state index contributed by atoms with van der Waals surface area (Å²) < 4.78 is 10.2. The van der Waals surface area contributed by atoms with Gasteiger partial charge in [0.1, 0.15) is 5.75 Å². The van der Waals surface area contributed by atoms with E-state index in [1.165, 1.54) is 23.8 Å². The van der Waals surface area contributed by atoms with Crippen LogP contribution in [0.4, 0.5) is 0 Å². The second-order valence-electron chi connectivity index (χ2n) is 6.61. The fourth-order valence-corrected chi connectivity index (χ4v) is 3.33. The molecule has 0 amide bonds. The summed E-state index contributed by atoms with van der Waals surface area (Å²) in [5.41, 5.74) is 5.28. The molecule has 136 valence electrons. The van der Waals surface area contributed by atoms with Crippen LogP contribution in [0, 0.1) is 0 Å². The van der Waals surface area contributed by atoms with Gasteiger partial charge in [0.25, 0.3) is 0 Å². The van der Waals surface area contributed by atoms with Crippen molar-refractivity contribution in [1.82, 2.24) is 4.98 Å². The number of aromatic amines is 1. The van der Waals surface area contributed by atoms with Gasteiger partial charge in [-0.15, -0.1) is 0 Å². The predicted octanol–water partition coefficient (Wildman–Crippen LogP) is 5.07. The summed E-state index contributed by atoms with van der Waals surface area (Å²) in [4.78, 5) is 15.4. The first-order valence-corrected chi connectivity index (χ1v) is 8.93. The first kappa shape index (κ1) is 18.1. The third-order valence-electron chi connectivity index (χ3n) is 4.98. The minimum Gasteiger partial charge on any atom is -0.497 e. The lowest BCUT2D eigenvalue weighted by Crippen LogP contribution is -2.03. The van der Waals surface area contributed by atoms with Crippen LogP contribution in [0.25, 0.3) is 10.9 Å². The van der Waals surface area contributed by atoms with Gasteiger partial charge < -0.3 is 14.5 Å². The molecule has 3 aromatic rings. The standard InChI is InChI=1S/C22H25NO3/c1-5-14(2)21-19(18-10-9-17(25-3)13-20(18)23-21)12-15-7-6-8-16(11-15)22(24)26-4/h6-11,13-14,23H,5,12H2,1-4H3. The van der Waals surface area contributed by atoms with Crippen molar-refractivity contribution < 1.29 is 14.3 Å². The Morgan fingerprint density at radius 1 is 1.15 bits per heavy atom. The molecule has 0 aliphatic carbocycles. The number of fused-ring (bicyclic) bond motifs is 1. The Morgan fingerprint density at radius 3 is 2.65 bits per heavy atom. The van der Waals surface area contributed by atoms with Gasteiger partial charge in [-0.05, 0) is 54.2 Å². The van der Waals surface area contributed by atoms with Crippen molar-refractivity contribution in [3.05, 3.63) is 64.8 Å². The lowest BCUT2D eigenvalue weighted by molar-refractivity contribution is 0.0600. The van der Waals surface area contributed by atoms with E-state index in [9.17, 15) is 4.79 Å². The number of esters is 1. The fraction of sp³-hybridized carbons (Fsp3) is 0.318. The second-order valence-corrected chi connectivity index (χ2v) is 6.61. The van der Waals surface area contributed by atoms with Gasteiger partial charge >= 0.3 is 5.97 Å². The number of methoxy groups -OCH3 is 2. The summed E-state index contributed by atoms with van der Waals surface area (Å²) in [5.74, 6) is 0.957. The van der Waals surface area contributed by atoms with Gasteiger partial charge in [0.15, 0.2) is 0 Å². The average Bonchev–Trinajstić information content (AvgIpc) is 3.04. The molecule has 1 atom stereocenters. The van der Waals surface area contributed by atoms with Crippen molar-refractivity contribution in [1.29, 1.82) is 0 Å². The Kier molecular flexibility index (Phi) is 5.31. The first-order valence-electron chi connectivity index (χ1n) is 8.93. The number of ether oxygens (including phenoxy) is 2. The molecule has 1 aromatic heterocycles. The number of rotatable bonds is 6. The maximum Gasteiger partial charge on any atom is 0.337 e. The Bertz CT molecular complexity index is 926. The largest absolute Gasteiger partial charge is 0.497 e. The van der Waals surface area contributed by atoms with Gasteiger partial charge in [-0.25, -0.2) is 4.79 Å². The topological polar surface area (TPSA) is 51.3 Å². The van der Waals surface area contributed by atoms with E-state index in [1.54, 1.807) is 13.2 Å². The molecule has 0 saturated carbocycles.